The van der Waals surface area contributed by atoms with Gasteiger partial charge < -0.3 is 5.11 Å². The lowest BCUT2D eigenvalue weighted by molar-refractivity contribution is 0.314. The molecule has 0 spiro atoms. The summed E-state index contributed by atoms with van der Waals surface area (Å²) in [7, 11) is -0.890. The second-order valence-corrected chi connectivity index (χ2v) is 4.25. The molecule has 0 radical (unpaired) electrons. The van der Waals surface area contributed by atoms with Crippen LogP contribution in [0.5, 0.6) is 0 Å². The maximum absolute atomic E-state index is 10.5. The first kappa shape index (κ1) is 8.46. The molecule has 0 amide bonds. The summed E-state index contributed by atoms with van der Waals surface area (Å²) in [6.45, 7) is 0.00424. The number of hydrogen-bond donors (Lipinski definition) is 1. The van der Waals surface area contributed by atoms with Gasteiger partial charge in [0.1, 0.15) is 4.58 Å². The Hall–Kier alpha value is 0.460. The van der Waals surface area contributed by atoms with Crippen LogP contribution in [-0.2, 0) is 10.8 Å². The van der Waals surface area contributed by atoms with Gasteiger partial charge in [0.15, 0.2) is 0 Å². The van der Waals surface area contributed by atoms with Crippen molar-refractivity contribution in [2.24, 2.45) is 0 Å². The van der Waals surface area contributed by atoms with Crippen LogP contribution in [-0.4, -0.2) is 33.0 Å². The van der Waals surface area contributed by atoms with Crippen LogP contribution in [0.2, 0.25) is 0 Å². The lowest BCUT2D eigenvalue weighted by atomic mass is 10.9. The van der Waals surface area contributed by atoms with Crippen LogP contribution >= 0.6 is 11.8 Å². The van der Waals surface area contributed by atoms with E-state index in [1.807, 2.05) is 6.26 Å². The van der Waals surface area contributed by atoms with Crippen LogP contribution in [0, 0.1) is 0 Å². The number of rotatable bonds is 3. The van der Waals surface area contributed by atoms with Gasteiger partial charge in [-0.05, 0) is 6.26 Å². The molecule has 1 N–H and O–H groups in total. The molecule has 2 atom stereocenters. The summed E-state index contributed by atoms with van der Waals surface area (Å²) < 4.78 is 10.4. The van der Waals surface area contributed by atoms with Crippen molar-refractivity contribution in [2.45, 2.75) is 4.58 Å². The van der Waals surface area contributed by atoms with Crippen molar-refractivity contribution in [1.82, 2.24) is 0 Å². The zero-order chi connectivity index (χ0) is 6.57. The van der Waals surface area contributed by atoms with E-state index >= 15 is 0 Å². The maximum Gasteiger partial charge on any atom is 0.103 e. The molecule has 0 saturated carbocycles. The summed E-state index contributed by atoms with van der Waals surface area (Å²) >= 11 is 1.43. The molecule has 0 aromatic heterocycles. The van der Waals surface area contributed by atoms with Gasteiger partial charge in [-0.2, -0.15) is 0 Å². The smallest absolute Gasteiger partial charge is 0.103 e. The van der Waals surface area contributed by atoms with Crippen molar-refractivity contribution in [3.8, 4) is 0 Å². The minimum absolute atomic E-state index is 0.00424. The van der Waals surface area contributed by atoms with Crippen LogP contribution in [0.3, 0.4) is 0 Å². The molecule has 2 unspecified atom stereocenters. The molecule has 50 valence electrons. The molecule has 0 aliphatic rings. The van der Waals surface area contributed by atoms with Crippen LogP contribution in [0.15, 0.2) is 0 Å². The van der Waals surface area contributed by atoms with Crippen molar-refractivity contribution in [3.05, 3.63) is 0 Å². The van der Waals surface area contributed by atoms with Gasteiger partial charge in [-0.1, -0.05) is 0 Å². The molecule has 8 heavy (non-hydrogen) atoms. The lowest BCUT2D eigenvalue weighted by Crippen LogP contribution is -2.13. The minimum Gasteiger partial charge on any atom is -0.394 e. The molecule has 0 fully saturated rings. The molecule has 0 saturated heterocycles. The third kappa shape index (κ3) is 2.69. The Bertz CT molecular complexity index is 80.1. The van der Waals surface area contributed by atoms with Crippen molar-refractivity contribution >= 4 is 22.6 Å². The average Bonchev–Trinajstić information content (AvgIpc) is 1.69. The summed E-state index contributed by atoms with van der Waals surface area (Å²) in [5, 5.41) is 8.48. The second kappa shape index (κ2) is 4.35. The number of aliphatic hydroxyl groups excluding tert-OH is 1. The Morgan fingerprint density at radius 3 is 2.38 bits per heavy atom. The minimum atomic E-state index is -0.890. The van der Waals surface area contributed by atoms with Gasteiger partial charge in [-0.15, -0.1) is 11.8 Å². The first-order chi connectivity index (χ1) is 3.72. The predicted octanol–water partition coefficient (Wildman–Crippen LogP) is 0.0463. The van der Waals surface area contributed by atoms with Crippen molar-refractivity contribution in [2.75, 3.05) is 19.1 Å². The fourth-order valence-electron chi connectivity index (χ4n) is 0.315. The fraction of sp³-hybridized carbons (Fsp3) is 1.00. The molecular weight excluding hydrogens is 144 g/mol. The maximum atomic E-state index is 10.5. The molecule has 0 rings (SSSR count). The predicted molar refractivity (Wildman–Crippen MR) is 38.5 cm³/mol. The Balaban J connectivity index is 3.52. The molecule has 0 aromatic carbocycles. The normalized spacial score (nSPS) is 17.9. The highest BCUT2D eigenvalue weighted by Gasteiger charge is 2.07. The lowest BCUT2D eigenvalue weighted by Gasteiger charge is -2.04. The fourth-order valence-corrected chi connectivity index (χ4v) is 1.76. The van der Waals surface area contributed by atoms with Crippen molar-refractivity contribution in [1.29, 1.82) is 0 Å². The zero-order valence-corrected chi connectivity index (χ0v) is 6.59. The van der Waals surface area contributed by atoms with Crippen LogP contribution in [0.4, 0.5) is 0 Å². The molecule has 2 nitrogen and oxygen atoms in total. The standard InChI is InChI=1S/C4H10O2S2/c1-7-4(3-5)8(2)6/h4-5H,3H2,1-2H3. The third-order valence-electron chi connectivity index (χ3n) is 0.782. The van der Waals surface area contributed by atoms with Gasteiger partial charge in [0.05, 0.1) is 6.61 Å². The van der Waals surface area contributed by atoms with E-state index < -0.39 is 10.8 Å². The van der Waals surface area contributed by atoms with E-state index in [4.69, 9.17) is 5.11 Å². The van der Waals surface area contributed by atoms with Crippen LogP contribution < -0.4 is 0 Å². The molecule has 0 aliphatic carbocycles. The Morgan fingerprint density at radius 1 is 1.88 bits per heavy atom. The van der Waals surface area contributed by atoms with Crippen LogP contribution in [0.25, 0.3) is 0 Å². The average molecular weight is 154 g/mol. The van der Waals surface area contributed by atoms with E-state index in [1.54, 1.807) is 6.26 Å². The summed E-state index contributed by atoms with van der Waals surface area (Å²) in [6.07, 6.45) is 3.43. The quantitative estimate of drug-likeness (QED) is 0.624. The summed E-state index contributed by atoms with van der Waals surface area (Å²) in [5.41, 5.74) is 0. The summed E-state index contributed by atoms with van der Waals surface area (Å²) in [4.78, 5) is 0. The highest BCUT2D eigenvalue weighted by atomic mass is 32.2. The van der Waals surface area contributed by atoms with E-state index in [-0.39, 0.29) is 11.2 Å². The van der Waals surface area contributed by atoms with Gasteiger partial charge in [0.2, 0.25) is 0 Å². The second-order valence-electron chi connectivity index (χ2n) is 1.35. The Labute approximate surface area is 56.1 Å². The molecular formula is C4H10O2S2. The monoisotopic (exact) mass is 154 g/mol. The van der Waals surface area contributed by atoms with E-state index in [9.17, 15) is 4.21 Å². The first-order valence-electron chi connectivity index (χ1n) is 2.18. The molecule has 4 heteroatoms. The highest BCUT2D eigenvalue weighted by molar-refractivity contribution is 8.10. The largest absolute Gasteiger partial charge is 0.394 e. The number of thioether (sulfide) groups is 1. The molecule has 0 heterocycles. The molecule has 0 aromatic rings. The Kier molecular flexibility index (Phi) is 4.60. The van der Waals surface area contributed by atoms with Gasteiger partial charge in [0.25, 0.3) is 0 Å². The highest BCUT2D eigenvalue weighted by Crippen LogP contribution is 2.07. The topological polar surface area (TPSA) is 37.3 Å². The van der Waals surface area contributed by atoms with Crippen LogP contribution in [0.1, 0.15) is 0 Å². The van der Waals surface area contributed by atoms with E-state index in [2.05, 4.69) is 0 Å². The SMILES string of the molecule is CSC(CO)S(C)=O. The van der Waals surface area contributed by atoms with Gasteiger partial charge in [0, 0.05) is 17.1 Å². The number of hydrogen-bond acceptors (Lipinski definition) is 3. The van der Waals surface area contributed by atoms with Gasteiger partial charge in [-0.25, -0.2) is 0 Å². The third-order valence-corrected chi connectivity index (χ3v) is 3.74. The van der Waals surface area contributed by atoms with E-state index in [0.29, 0.717) is 0 Å². The summed E-state index contributed by atoms with van der Waals surface area (Å²) in [6, 6.07) is 0. The van der Waals surface area contributed by atoms with Gasteiger partial charge in [-0.3, -0.25) is 4.21 Å². The van der Waals surface area contributed by atoms with Crippen molar-refractivity contribution < 1.29 is 9.32 Å². The Morgan fingerprint density at radius 2 is 2.38 bits per heavy atom. The molecule has 0 bridgehead atoms. The van der Waals surface area contributed by atoms with Gasteiger partial charge >= 0.3 is 0 Å². The van der Waals surface area contributed by atoms with E-state index in [0.717, 1.165) is 0 Å². The van der Waals surface area contributed by atoms with E-state index in [1.165, 1.54) is 11.8 Å². The summed E-state index contributed by atoms with van der Waals surface area (Å²) in [5.74, 6) is 0. The molecule has 0 aliphatic heterocycles. The van der Waals surface area contributed by atoms with Crippen molar-refractivity contribution in [3.63, 3.8) is 0 Å². The number of aliphatic hydroxyl groups is 1. The first-order valence-corrected chi connectivity index (χ1v) is 5.09. The zero-order valence-electron chi connectivity index (χ0n) is 4.96.